The molecule has 1 aliphatic rings. The third kappa shape index (κ3) is 2.10. The van der Waals surface area contributed by atoms with E-state index in [9.17, 15) is 4.79 Å². The van der Waals surface area contributed by atoms with Gasteiger partial charge >= 0.3 is 0 Å². The average Bonchev–Trinajstić information content (AvgIpc) is 2.60. The van der Waals surface area contributed by atoms with E-state index >= 15 is 0 Å². The van der Waals surface area contributed by atoms with Gasteiger partial charge in [-0.1, -0.05) is 6.42 Å². The molecule has 0 atom stereocenters. The van der Waals surface area contributed by atoms with Crippen LogP contribution in [-0.4, -0.2) is 17.4 Å². The SMILES string of the molecule is Cc1cnc(CNC(=O)C2(CN)CCC2)s1. The molecule has 0 bridgehead atoms. The summed E-state index contributed by atoms with van der Waals surface area (Å²) in [6.07, 6.45) is 4.79. The summed E-state index contributed by atoms with van der Waals surface area (Å²) in [7, 11) is 0. The number of carbonyl (C=O) groups is 1. The highest BCUT2D eigenvalue weighted by atomic mass is 32.1. The van der Waals surface area contributed by atoms with Crippen molar-refractivity contribution in [3.05, 3.63) is 16.1 Å². The van der Waals surface area contributed by atoms with Crippen LogP contribution in [0.5, 0.6) is 0 Å². The topological polar surface area (TPSA) is 68.0 Å². The maximum Gasteiger partial charge on any atom is 0.227 e. The summed E-state index contributed by atoms with van der Waals surface area (Å²) in [4.78, 5) is 17.3. The molecular formula is C11H17N3OS. The Morgan fingerprint density at radius 1 is 1.69 bits per heavy atom. The fourth-order valence-electron chi connectivity index (χ4n) is 1.95. The van der Waals surface area contributed by atoms with Crippen LogP contribution >= 0.6 is 11.3 Å². The Morgan fingerprint density at radius 3 is 2.88 bits per heavy atom. The molecule has 1 amide bonds. The molecule has 4 nitrogen and oxygen atoms in total. The summed E-state index contributed by atoms with van der Waals surface area (Å²) in [6, 6.07) is 0. The number of aromatic nitrogens is 1. The predicted octanol–water partition coefficient (Wildman–Crippen LogP) is 1.20. The summed E-state index contributed by atoms with van der Waals surface area (Å²) in [5.74, 6) is 0.0918. The molecule has 1 aromatic heterocycles. The monoisotopic (exact) mass is 239 g/mol. The molecule has 5 heteroatoms. The second-order valence-electron chi connectivity index (χ2n) is 4.39. The van der Waals surface area contributed by atoms with Crippen molar-refractivity contribution in [2.75, 3.05) is 6.54 Å². The van der Waals surface area contributed by atoms with E-state index < -0.39 is 0 Å². The minimum absolute atomic E-state index is 0.0918. The number of nitrogens with two attached hydrogens (primary N) is 1. The van der Waals surface area contributed by atoms with Crippen molar-refractivity contribution < 1.29 is 4.79 Å². The lowest BCUT2D eigenvalue weighted by Gasteiger charge is -2.38. The normalized spacial score (nSPS) is 17.9. The highest BCUT2D eigenvalue weighted by Crippen LogP contribution is 2.40. The van der Waals surface area contributed by atoms with Gasteiger partial charge in [0.1, 0.15) is 5.01 Å². The lowest BCUT2D eigenvalue weighted by molar-refractivity contribution is -0.135. The number of nitrogens with zero attached hydrogens (tertiary/aromatic N) is 1. The first-order valence-electron chi connectivity index (χ1n) is 5.56. The molecule has 16 heavy (non-hydrogen) atoms. The fraction of sp³-hybridized carbons (Fsp3) is 0.636. The van der Waals surface area contributed by atoms with Crippen molar-refractivity contribution in [2.24, 2.45) is 11.1 Å². The van der Waals surface area contributed by atoms with E-state index in [4.69, 9.17) is 5.73 Å². The van der Waals surface area contributed by atoms with E-state index in [1.165, 1.54) is 4.88 Å². The van der Waals surface area contributed by atoms with E-state index in [1.807, 2.05) is 13.1 Å². The molecule has 0 spiro atoms. The van der Waals surface area contributed by atoms with Crippen molar-refractivity contribution in [3.63, 3.8) is 0 Å². The van der Waals surface area contributed by atoms with Crippen LogP contribution in [0.3, 0.4) is 0 Å². The number of aryl methyl sites for hydroxylation is 1. The summed E-state index contributed by atoms with van der Waals surface area (Å²) in [6.45, 7) is 2.99. The third-order valence-electron chi connectivity index (χ3n) is 3.25. The maximum atomic E-state index is 11.9. The molecule has 1 aliphatic carbocycles. The van der Waals surface area contributed by atoms with Crippen molar-refractivity contribution in [3.8, 4) is 0 Å². The number of hydrogen-bond acceptors (Lipinski definition) is 4. The molecule has 1 saturated carbocycles. The first-order valence-corrected chi connectivity index (χ1v) is 6.38. The molecule has 0 aliphatic heterocycles. The molecule has 88 valence electrons. The van der Waals surface area contributed by atoms with Gasteiger partial charge in [0.05, 0.1) is 12.0 Å². The van der Waals surface area contributed by atoms with E-state index in [0.717, 1.165) is 24.3 Å². The average molecular weight is 239 g/mol. The standard InChI is InChI=1S/C11H17N3OS/c1-8-5-13-9(16-8)6-14-10(15)11(7-12)3-2-4-11/h5H,2-4,6-7,12H2,1H3,(H,14,15). The molecule has 0 radical (unpaired) electrons. The Bertz CT molecular complexity index is 379. The zero-order valence-electron chi connectivity index (χ0n) is 9.45. The summed E-state index contributed by atoms with van der Waals surface area (Å²) < 4.78 is 0. The maximum absolute atomic E-state index is 11.9. The van der Waals surface area contributed by atoms with Crippen LogP contribution in [0.4, 0.5) is 0 Å². The van der Waals surface area contributed by atoms with E-state index in [2.05, 4.69) is 10.3 Å². The molecular weight excluding hydrogens is 222 g/mol. The van der Waals surface area contributed by atoms with Gasteiger partial charge in [0.2, 0.25) is 5.91 Å². The Hall–Kier alpha value is -0.940. The van der Waals surface area contributed by atoms with Crippen LogP contribution in [-0.2, 0) is 11.3 Å². The van der Waals surface area contributed by atoms with Gasteiger partial charge in [0.15, 0.2) is 0 Å². The number of nitrogens with one attached hydrogen (secondary N) is 1. The Balaban J connectivity index is 1.88. The fourth-order valence-corrected chi connectivity index (χ4v) is 2.68. The van der Waals surface area contributed by atoms with Crippen LogP contribution in [0, 0.1) is 12.3 Å². The molecule has 1 fully saturated rings. The number of amides is 1. The zero-order valence-corrected chi connectivity index (χ0v) is 10.3. The van der Waals surface area contributed by atoms with E-state index in [1.54, 1.807) is 11.3 Å². The lowest BCUT2D eigenvalue weighted by atomic mass is 9.68. The molecule has 0 aromatic carbocycles. The predicted molar refractivity (Wildman–Crippen MR) is 64.0 cm³/mol. The molecule has 1 heterocycles. The summed E-state index contributed by atoms with van der Waals surface area (Å²) in [5, 5.41) is 3.89. The first-order chi connectivity index (χ1) is 7.66. The zero-order chi connectivity index (χ0) is 11.6. The van der Waals surface area contributed by atoms with Crippen LogP contribution in [0.2, 0.25) is 0 Å². The summed E-state index contributed by atoms with van der Waals surface area (Å²) in [5.41, 5.74) is 5.38. The van der Waals surface area contributed by atoms with Gasteiger partial charge in [-0.25, -0.2) is 4.98 Å². The van der Waals surface area contributed by atoms with E-state index in [-0.39, 0.29) is 11.3 Å². The van der Waals surface area contributed by atoms with Gasteiger partial charge in [-0.2, -0.15) is 0 Å². The molecule has 2 rings (SSSR count). The number of carbonyl (C=O) groups excluding carboxylic acids is 1. The lowest BCUT2D eigenvalue weighted by Crippen LogP contribution is -2.50. The second-order valence-corrected chi connectivity index (χ2v) is 5.70. The first kappa shape index (κ1) is 11.5. The van der Waals surface area contributed by atoms with Gasteiger partial charge in [-0.15, -0.1) is 11.3 Å². The van der Waals surface area contributed by atoms with Gasteiger partial charge in [0, 0.05) is 17.6 Å². The molecule has 3 N–H and O–H groups in total. The van der Waals surface area contributed by atoms with Crippen molar-refractivity contribution in [1.29, 1.82) is 0 Å². The van der Waals surface area contributed by atoms with E-state index in [0.29, 0.717) is 13.1 Å². The van der Waals surface area contributed by atoms with Crippen molar-refractivity contribution in [2.45, 2.75) is 32.7 Å². The largest absolute Gasteiger partial charge is 0.349 e. The Labute approximate surface area is 99.3 Å². The van der Waals surface area contributed by atoms with Crippen LogP contribution in [0.25, 0.3) is 0 Å². The smallest absolute Gasteiger partial charge is 0.227 e. The van der Waals surface area contributed by atoms with Crippen LogP contribution < -0.4 is 11.1 Å². The number of thiazole rings is 1. The van der Waals surface area contributed by atoms with Crippen molar-refractivity contribution >= 4 is 17.2 Å². The minimum atomic E-state index is -0.285. The highest BCUT2D eigenvalue weighted by Gasteiger charge is 2.42. The minimum Gasteiger partial charge on any atom is -0.349 e. The quantitative estimate of drug-likeness (QED) is 0.829. The summed E-state index contributed by atoms with van der Waals surface area (Å²) >= 11 is 1.62. The van der Waals surface area contributed by atoms with Crippen molar-refractivity contribution in [1.82, 2.24) is 10.3 Å². The highest BCUT2D eigenvalue weighted by molar-refractivity contribution is 7.11. The number of hydrogen-bond donors (Lipinski definition) is 2. The Kier molecular flexibility index (Phi) is 3.25. The van der Waals surface area contributed by atoms with Gasteiger partial charge in [-0.05, 0) is 19.8 Å². The molecule has 1 aromatic rings. The van der Waals surface area contributed by atoms with Gasteiger partial charge in [-0.3, -0.25) is 4.79 Å². The van der Waals surface area contributed by atoms with Crippen LogP contribution in [0.15, 0.2) is 6.20 Å². The van der Waals surface area contributed by atoms with Gasteiger partial charge < -0.3 is 11.1 Å². The molecule has 0 saturated heterocycles. The third-order valence-corrected chi connectivity index (χ3v) is 4.17. The number of rotatable bonds is 4. The van der Waals surface area contributed by atoms with Crippen LogP contribution in [0.1, 0.15) is 29.1 Å². The Morgan fingerprint density at radius 2 is 2.44 bits per heavy atom. The van der Waals surface area contributed by atoms with Gasteiger partial charge in [0.25, 0.3) is 0 Å². The second kappa shape index (κ2) is 4.51. The molecule has 0 unspecified atom stereocenters.